The van der Waals surface area contributed by atoms with E-state index in [9.17, 15) is 0 Å². The molecule has 0 bridgehead atoms. The van der Waals surface area contributed by atoms with Crippen molar-refractivity contribution in [3.8, 4) is 0 Å². The molecule has 1 nitrogen and oxygen atoms in total. The summed E-state index contributed by atoms with van der Waals surface area (Å²) in [5, 5.41) is 3.54. The van der Waals surface area contributed by atoms with E-state index in [1.54, 1.807) is 0 Å². The summed E-state index contributed by atoms with van der Waals surface area (Å²) >= 11 is 2.45. The first-order chi connectivity index (χ1) is 6.29. The zero-order valence-corrected chi connectivity index (χ0v) is 9.97. The Hall–Kier alpha value is -0.0900. The second-order valence-electron chi connectivity index (χ2n) is 3.63. The molecule has 0 radical (unpaired) electrons. The molecule has 0 aromatic heterocycles. The van der Waals surface area contributed by atoms with Crippen LogP contribution in [-0.4, -0.2) is 6.54 Å². The topological polar surface area (TPSA) is 12.0 Å². The summed E-state index contributed by atoms with van der Waals surface area (Å²) in [5.74, 6) is 0. The third-order valence-electron chi connectivity index (χ3n) is 2.66. The van der Waals surface area contributed by atoms with E-state index in [0.717, 1.165) is 0 Å². The number of halogens is 1. The minimum atomic E-state index is 0.604. The van der Waals surface area contributed by atoms with Crippen LogP contribution in [-0.2, 0) is 0 Å². The van der Waals surface area contributed by atoms with Crippen molar-refractivity contribution in [2.45, 2.75) is 25.8 Å². The van der Waals surface area contributed by atoms with Crippen molar-refractivity contribution in [3.05, 3.63) is 32.9 Å². The lowest BCUT2D eigenvalue weighted by molar-refractivity contribution is 0.644. The first-order valence-corrected chi connectivity index (χ1v) is 5.85. The molecule has 1 aliphatic rings. The van der Waals surface area contributed by atoms with Crippen molar-refractivity contribution in [1.82, 2.24) is 5.32 Å². The first-order valence-electron chi connectivity index (χ1n) is 4.77. The predicted molar refractivity (Wildman–Crippen MR) is 63.9 cm³/mol. The third kappa shape index (κ3) is 1.89. The van der Waals surface area contributed by atoms with Crippen LogP contribution < -0.4 is 5.32 Å². The van der Waals surface area contributed by atoms with Crippen LogP contribution in [0.3, 0.4) is 0 Å². The van der Waals surface area contributed by atoms with E-state index in [1.807, 2.05) is 0 Å². The normalized spacial score (nSPS) is 22.2. The van der Waals surface area contributed by atoms with E-state index >= 15 is 0 Å². The zero-order chi connectivity index (χ0) is 9.26. The van der Waals surface area contributed by atoms with E-state index in [2.05, 4.69) is 53.0 Å². The third-order valence-corrected chi connectivity index (χ3v) is 4.13. The van der Waals surface area contributed by atoms with Crippen molar-refractivity contribution in [2.75, 3.05) is 6.54 Å². The lowest BCUT2D eigenvalue weighted by atomic mass is 10.0. The minimum absolute atomic E-state index is 0.604. The van der Waals surface area contributed by atoms with Crippen LogP contribution >= 0.6 is 22.6 Å². The number of benzene rings is 1. The molecule has 1 aliphatic heterocycles. The SMILES string of the molecule is Cc1cccc(C2CCCN2)c1I. The van der Waals surface area contributed by atoms with Crippen LogP contribution in [0.15, 0.2) is 18.2 Å². The highest BCUT2D eigenvalue weighted by molar-refractivity contribution is 14.1. The van der Waals surface area contributed by atoms with Gasteiger partial charge in [-0.3, -0.25) is 0 Å². The van der Waals surface area contributed by atoms with Gasteiger partial charge in [-0.1, -0.05) is 18.2 Å². The Morgan fingerprint density at radius 1 is 1.46 bits per heavy atom. The van der Waals surface area contributed by atoms with Gasteiger partial charge in [0.1, 0.15) is 0 Å². The minimum Gasteiger partial charge on any atom is -0.310 e. The van der Waals surface area contributed by atoms with Crippen LogP contribution in [0.2, 0.25) is 0 Å². The number of hydrogen-bond acceptors (Lipinski definition) is 1. The molecule has 1 aromatic carbocycles. The summed E-state index contributed by atoms with van der Waals surface area (Å²) in [6.45, 7) is 3.36. The van der Waals surface area contributed by atoms with Crippen molar-refractivity contribution >= 4 is 22.6 Å². The number of rotatable bonds is 1. The summed E-state index contributed by atoms with van der Waals surface area (Å²) in [6, 6.07) is 7.19. The van der Waals surface area contributed by atoms with Crippen LogP contribution in [0.25, 0.3) is 0 Å². The molecule has 1 aromatic rings. The standard InChI is InChI=1S/C11H14IN/c1-8-4-2-5-9(11(8)12)10-6-3-7-13-10/h2,4-5,10,13H,3,6-7H2,1H3. The van der Waals surface area contributed by atoms with Gasteiger partial charge >= 0.3 is 0 Å². The van der Waals surface area contributed by atoms with Gasteiger partial charge in [-0.25, -0.2) is 0 Å². The smallest absolute Gasteiger partial charge is 0.0331 e. The summed E-state index contributed by atoms with van der Waals surface area (Å²) in [7, 11) is 0. The largest absolute Gasteiger partial charge is 0.310 e. The molecule has 70 valence electrons. The van der Waals surface area contributed by atoms with Gasteiger partial charge in [-0.15, -0.1) is 0 Å². The average molecular weight is 287 g/mol. The molecule has 1 atom stereocenters. The Morgan fingerprint density at radius 3 is 3.00 bits per heavy atom. The fourth-order valence-corrected chi connectivity index (χ4v) is 2.62. The number of hydrogen-bond donors (Lipinski definition) is 1. The Kier molecular flexibility index (Phi) is 2.89. The van der Waals surface area contributed by atoms with E-state index in [0.29, 0.717) is 6.04 Å². The van der Waals surface area contributed by atoms with Gasteiger partial charge in [0.25, 0.3) is 0 Å². The second-order valence-corrected chi connectivity index (χ2v) is 4.71. The highest BCUT2D eigenvalue weighted by atomic mass is 127. The number of nitrogens with one attached hydrogen (secondary N) is 1. The van der Waals surface area contributed by atoms with Crippen molar-refractivity contribution < 1.29 is 0 Å². The van der Waals surface area contributed by atoms with Gasteiger partial charge in [0.05, 0.1) is 0 Å². The molecule has 0 saturated carbocycles. The Morgan fingerprint density at radius 2 is 2.31 bits per heavy atom. The van der Waals surface area contributed by atoms with Crippen LogP contribution in [0.4, 0.5) is 0 Å². The molecule has 2 heteroatoms. The van der Waals surface area contributed by atoms with Crippen LogP contribution in [0.5, 0.6) is 0 Å². The van der Waals surface area contributed by atoms with Crippen molar-refractivity contribution in [2.24, 2.45) is 0 Å². The fourth-order valence-electron chi connectivity index (χ4n) is 1.89. The molecule has 1 unspecified atom stereocenters. The number of aryl methyl sites for hydroxylation is 1. The molecule has 1 fully saturated rings. The van der Waals surface area contributed by atoms with Crippen LogP contribution in [0.1, 0.15) is 30.0 Å². The monoisotopic (exact) mass is 287 g/mol. The summed E-state index contributed by atoms with van der Waals surface area (Å²) in [4.78, 5) is 0. The predicted octanol–water partition coefficient (Wildman–Crippen LogP) is 3.02. The van der Waals surface area contributed by atoms with Gasteiger partial charge in [0.15, 0.2) is 0 Å². The molecule has 1 heterocycles. The summed E-state index contributed by atoms with van der Waals surface area (Å²) in [5.41, 5.74) is 2.88. The second kappa shape index (κ2) is 3.96. The van der Waals surface area contributed by atoms with E-state index in [4.69, 9.17) is 0 Å². The summed E-state index contributed by atoms with van der Waals surface area (Å²) in [6.07, 6.45) is 2.61. The highest BCUT2D eigenvalue weighted by Gasteiger charge is 2.18. The molecular formula is C11H14IN. The maximum Gasteiger partial charge on any atom is 0.0331 e. The van der Waals surface area contributed by atoms with Gasteiger partial charge < -0.3 is 5.32 Å². The highest BCUT2D eigenvalue weighted by Crippen LogP contribution is 2.28. The van der Waals surface area contributed by atoms with Gasteiger partial charge in [0, 0.05) is 9.61 Å². The Bertz CT molecular complexity index is 303. The lowest BCUT2D eigenvalue weighted by Gasteiger charge is -2.13. The Labute approximate surface area is 93.1 Å². The molecule has 0 amide bonds. The van der Waals surface area contributed by atoms with Crippen LogP contribution in [0, 0.1) is 10.5 Å². The molecular weight excluding hydrogens is 273 g/mol. The fraction of sp³-hybridized carbons (Fsp3) is 0.455. The van der Waals surface area contributed by atoms with Crippen molar-refractivity contribution in [1.29, 1.82) is 0 Å². The summed E-state index contributed by atoms with van der Waals surface area (Å²) < 4.78 is 1.43. The molecule has 1 saturated heterocycles. The average Bonchev–Trinajstić information content (AvgIpc) is 2.62. The Balaban J connectivity index is 2.33. The quantitative estimate of drug-likeness (QED) is 0.783. The van der Waals surface area contributed by atoms with Gasteiger partial charge in [0.2, 0.25) is 0 Å². The maximum absolute atomic E-state index is 3.54. The van der Waals surface area contributed by atoms with Gasteiger partial charge in [-0.2, -0.15) is 0 Å². The molecule has 2 rings (SSSR count). The maximum atomic E-state index is 3.54. The van der Waals surface area contributed by atoms with E-state index in [1.165, 1.54) is 34.1 Å². The molecule has 0 spiro atoms. The molecule has 13 heavy (non-hydrogen) atoms. The van der Waals surface area contributed by atoms with E-state index < -0.39 is 0 Å². The van der Waals surface area contributed by atoms with Gasteiger partial charge in [-0.05, 0) is 60.0 Å². The molecule has 1 N–H and O–H groups in total. The zero-order valence-electron chi connectivity index (χ0n) is 7.81. The lowest BCUT2D eigenvalue weighted by Crippen LogP contribution is -2.14. The molecule has 0 aliphatic carbocycles. The first kappa shape index (κ1) is 9.46. The van der Waals surface area contributed by atoms with Crippen molar-refractivity contribution in [3.63, 3.8) is 0 Å². The van der Waals surface area contributed by atoms with E-state index in [-0.39, 0.29) is 0 Å².